The van der Waals surface area contributed by atoms with Crippen LogP contribution in [0.2, 0.25) is 10.0 Å². The number of hydrogen-bond donors (Lipinski definition) is 1. The lowest BCUT2D eigenvalue weighted by Gasteiger charge is -2.31. The van der Waals surface area contributed by atoms with Crippen LogP contribution < -0.4 is 0 Å². The van der Waals surface area contributed by atoms with Gasteiger partial charge in [0.25, 0.3) is 0 Å². The summed E-state index contributed by atoms with van der Waals surface area (Å²) in [5.41, 5.74) is 1.26. The highest BCUT2D eigenvalue weighted by Crippen LogP contribution is 2.28. The number of carbonyl (C=O) groups excluding carboxylic acids is 1. The Morgan fingerprint density at radius 1 is 1.35 bits per heavy atom. The number of halogens is 2. The first kappa shape index (κ1) is 15.1. The van der Waals surface area contributed by atoms with E-state index >= 15 is 0 Å². The molecule has 1 heterocycles. The Morgan fingerprint density at radius 3 is 2.50 bits per heavy atom. The summed E-state index contributed by atoms with van der Waals surface area (Å²) >= 11 is 12.0. The molecule has 0 unspecified atom stereocenters. The average Bonchev–Trinajstić information content (AvgIpc) is 2.42. The lowest BCUT2D eigenvalue weighted by atomic mass is 9.88. The van der Waals surface area contributed by atoms with Gasteiger partial charge in [0.05, 0.1) is 10.7 Å². The normalized spacial score (nSPS) is 17.4. The van der Waals surface area contributed by atoms with Gasteiger partial charge in [-0.15, -0.1) is 0 Å². The van der Waals surface area contributed by atoms with Gasteiger partial charge in [-0.1, -0.05) is 34.4 Å². The second-order valence-electron chi connectivity index (χ2n) is 4.89. The third kappa shape index (κ3) is 3.25. The molecule has 1 N–H and O–H groups in total. The van der Waals surface area contributed by atoms with Gasteiger partial charge in [0, 0.05) is 36.5 Å². The summed E-state index contributed by atoms with van der Waals surface area (Å²) in [4.78, 5) is 13.1. The van der Waals surface area contributed by atoms with Crippen molar-refractivity contribution < 1.29 is 10.0 Å². The fourth-order valence-corrected chi connectivity index (χ4v) is 3.03. The number of nitrogens with zero attached hydrogens (tertiary/aromatic N) is 2. The molecule has 0 aliphatic carbocycles. The van der Waals surface area contributed by atoms with E-state index in [0.717, 1.165) is 12.8 Å². The summed E-state index contributed by atoms with van der Waals surface area (Å²) in [6.45, 7) is 2.91. The number of benzene rings is 1. The molecule has 4 nitrogen and oxygen atoms in total. The van der Waals surface area contributed by atoms with Gasteiger partial charge in [0.15, 0.2) is 0 Å². The summed E-state index contributed by atoms with van der Waals surface area (Å²) < 4.78 is 0. The van der Waals surface area contributed by atoms with Crippen LogP contribution in [0.3, 0.4) is 0 Å². The lowest BCUT2D eigenvalue weighted by Crippen LogP contribution is -2.39. The molecule has 0 radical (unpaired) electrons. The predicted molar refractivity (Wildman–Crippen MR) is 79.8 cm³/mol. The number of amides is 1. The Morgan fingerprint density at radius 2 is 2.00 bits per heavy atom. The number of carbonyl (C=O) groups is 1. The highest BCUT2D eigenvalue weighted by Gasteiger charge is 2.26. The molecule has 1 amide bonds. The van der Waals surface area contributed by atoms with E-state index in [1.165, 1.54) is 0 Å². The van der Waals surface area contributed by atoms with Gasteiger partial charge in [-0.05, 0) is 25.0 Å². The van der Waals surface area contributed by atoms with Crippen LogP contribution in [0, 0.1) is 5.92 Å². The molecule has 1 aromatic carbocycles. The van der Waals surface area contributed by atoms with Crippen LogP contribution in [0.4, 0.5) is 0 Å². The van der Waals surface area contributed by atoms with Crippen LogP contribution in [0.25, 0.3) is 0 Å². The molecule has 0 aromatic heterocycles. The quantitative estimate of drug-likeness (QED) is 0.516. The molecule has 0 atom stereocenters. The topological polar surface area (TPSA) is 52.9 Å². The molecular weight excluding hydrogens is 299 g/mol. The van der Waals surface area contributed by atoms with Crippen LogP contribution >= 0.6 is 23.2 Å². The Labute approximate surface area is 128 Å². The van der Waals surface area contributed by atoms with Crippen molar-refractivity contribution in [3.63, 3.8) is 0 Å². The maximum atomic E-state index is 11.3. The molecule has 0 bridgehead atoms. The number of oxime groups is 1. The molecule has 6 heteroatoms. The van der Waals surface area contributed by atoms with Crippen molar-refractivity contribution in [3.05, 3.63) is 33.8 Å². The second kappa shape index (κ2) is 6.46. The molecular formula is C14H16Cl2N2O2. The van der Waals surface area contributed by atoms with Crippen LogP contribution in [0.15, 0.2) is 23.4 Å². The van der Waals surface area contributed by atoms with Gasteiger partial charge < -0.3 is 10.1 Å². The highest BCUT2D eigenvalue weighted by atomic mass is 35.5. The number of hydrogen-bond acceptors (Lipinski definition) is 3. The highest BCUT2D eigenvalue weighted by molar-refractivity contribution is 6.37. The summed E-state index contributed by atoms with van der Waals surface area (Å²) in [7, 11) is 0. The third-order valence-corrected chi connectivity index (χ3v) is 4.19. The second-order valence-corrected chi connectivity index (χ2v) is 5.73. The van der Waals surface area contributed by atoms with Gasteiger partial charge in [-0.2, -0.15) is 0 Å². The molecule has 1 aliphatic heterocycles. The maximum Gasteiger partial charge on any atom is 0.219 e. The van der Waals surface area contributed by atoms with Gasteiger partial charge in [0.1, 0.15) is 0 Å². The van der Waals surface area contributed by atoms with Crippen molar-refractivity contribution in [2.24, 2.45) is 11.1 Å². The summed E-state index contributed by atoms with van der Waals surface area (Å²) in [6.07, 6.45) is 1.52. The van der Waals surface area contributed by atoms with Gasteiger partial charge in [0.2, 0.25) is 5.91 Å². The Hall–Kier alpha value is -1.26. The Bertz CT molecular complexity index is 538. The predicted octanol–water partition coefficient (Wildman–Crippen LogP) is 3.43. The van der Waals surface area contributed by atoms with E-state index in [9.17, 15) is 10.0 Å². The van der Waals surface area contributed by atoms with Crippen LogP contribution in [-0.4, -0.2) is 34.8 Å². The van der Waals surface area contributed by atoms with E-state index < -0.39 is 0 Å². The molecule has 2 rings (SSSR count). The molecule has 20 heavy (non-hydrogen) atoms. The smallest absolute Gasteiger partial charge is 0.219 e. The Balaban J connectivity index is 2.16. The summed E-state index contributed by atoms with van der Waals surface area (Å²) in [5.74, 6) is 0.171. The van der Waals surface area contributed by atoms with Crippen molar-refractivity contribution in [1.29, 1.82) is 0 Å². The van der Waals surface area contributed by atoms with Gasteiger partial charge in [-0.25, -0.2) is 0 Å². The van der Waals surface area contributed by atoms with Crippen molar-refractivity contribution in [2.75, 3.05) is 13.1 Å². The number of likely N-dealkylation sites (tertiary alicyclic amines) is 1. The van der Waals surface area contributed by atoms with E-state index in [1.807, 2.05) is 0 Å². The minimum atomic E-state index is 0.0791. The summed E-state index contributed by atoms with van der Waals surface area (Å²) in [5, 5.41) is 13.8. The van der Waals surface area contributed by atoms with Crippen LogP contribution in [0.5, 0.6) is 0 Å². The monoisotopic (exact) mass is 314 g/mol. The molecule has 108 valence electrons. The zero-order chi connectivity index (χ0) is 14.7. The lowest BCUT2D eigenvalue weighted by molar-refractivity contribution is -0.129. The maximum absolute atomic E-state index is 11.3. The SMILES string of the molecule is CC(=O)N1CCC(/C(=N/O)c2ccc(Cl)cc2Cl)CC1. The first-order valence-corrected chi connectivity index (χ1v) is 7.21. The minimum Gasteiger partial charge on any atom is -0.411 e. The zero-order valence-electron chi connectivity index (χ0n) is 11.1. The summed E-state index contributed by atoms with van der Waals surface area (Å²) in [6, 6.07) is 5.12. The largest absolute Gasteiger partial charge is 0.411 e. The van der Waals surface area contributed by atoms with Gasteiger partial charge >= 0.3 is 0 Å². The molecule has 1 aliphatic rings. The van der Waals surface area contributed by atoms with E-state index in [2.05, 4.69) is 5.16 Å². The van der Waals surface area contributed by atoms with Crippen molar-refractivity contribution in [3.8, 4) is 0 Å². The van der Waals surface area contributed by atoms with Crippen LogP contribution in [-0.2, 0) is 4.79 Å². The van der Waals surface area contributed by atoms with Crippen molar-refractivity contribution in [1.82, 2.24) is 4.90 Å². The molecule has 1 fully saturated rings. The Kier molecular flexibility index (Phi) is 4.89. The van der Waals surface area contributed by atoms with Gasteiger partial charge in [-0.3, -0.25) is 4.79 Å². The van der Waals surface area contributed by atoms with E-state index in [-0.39, 0.29) is 11.8 Å². The molecule has 0 saturated carbocycles. The van der Waals surface area contributed by atoms with E-state index in [4.69, 9.17) is 23.2 Å². The number of piperidine rings is 1. The fourth-order valence-electron chi connectivity index (χ4n) is 2.52. The number of rotatable bonds is 2. The standard InChI is InChI=1S/C14H16Cl2N2O2/c1-9(19)18-6-4-10(5-7-18)14(17-20)12-3-2-11(15)8-13(12)16/h2-3,8,10,20H,4-7H2,1H3/b17-14-. The average molecular weight is 315 g/mol. The minimum absolute atomic E-state index is 0.0791. The fraction of sp³-hybridized carbons (Fsp3) is 0.429. The molecule has 0 spiro atoms. The van der Waals surface area contributed by atoms with Crippen LogP contribution in [0.1, 0.15) is 25.3 Å². The zero-order valence-corrected chi connectivity index (χ0v) is 12.7. The molecule has 1 saturated heterocycles. The first-order valence-electron chi connectivity index (χ1n) is 6.45. The van der Waals surface area contributed by atoms with E-state index in [0.29, 0.717) is 34.4 Å². The van der Waals surface area contributed by atoms with Crippen molar-refractivity contribution >= 4 is 34.8 Å². The first-order chi connectivity index (χ1) is 9.52. The van der Waals surface area contributed by atoms with E-state index in [1.54, 1.807) is 30.0 Å². The molecule has 1 aromatic rings. The third-order valence-electron chi connectivity index (χ3n) is 3.64. The van der Waals surface area contributed by atoms with Crippen molar-refractivity contribution in [2.45, 2.75) is 19.8 Å².